The molecule has 0 spiro atoms. The van der Waals surface area contributed by atoms with Crippen LogP contribution in [0.2, 0.25) is 0 Å². The molecule has 2 rings (SSSR count). The van der Waals surface area contributed by atoms with Crippen molar-refractivity contribution in [2.45, 2.75) is 58.4 Å². The van der Waals surface area contributed by atoms with Gasteiger partial charge in [-0.05, 0) is 29.9 Å². The molecule has 2 atom stereocenters. The zero-order valence-corrected chi connectivity index (χ0v) is 19.5. The summed E-state index contributed by atoms with van der Waals surface area (Å²) >= 11 is 0. The highest BCUT2D eigenvalue weighted by Gasteiger charge is 2.25. The predicted octanol–water partition coefficient (Wildman–Crippen LogP) is 3.86. The maximum Gasteiger partial charge on any atom is 0.408 e. The Morgan fingerprint density at radius 2 is 1.44 bits per heavy atom. The van der Waals surface area contributed by atoms with E-state index in [1.807, 2.05) is 80.6 Å². The molecule has 8 heteroatoms. The fraction of sp³-hybridized carbons (Fsp3) is 0.385. The minimum atomic E-state index is -0.895. The van der Waals surface area contributed by atoms with Crippen LogP contribution >= 0.6 is 0 Å². The van der Waals surface area contributed by atoms with E-state index in [4.69, 9.17) is 9.47 Å². The lowest BCUT2D eigenvalue weighted by atomic mass is 10.0. The summed E-state index contributed by atoms with van der Waals surface area (Å²) in [5.41, 5.74) is 1.69. The Kier molecular flexibility index (Phi) is 11.1. The lowest BCUT2D eigenvalue weighted by molar-refractivity contribution is -0.145. The van der Waals surface area contributed by atoms with E-state index >= 15 is 0 Å². The number of hydrogen-bond acceptors (Lipinski definition) is 6. The lowest BCUT2D eigenvalue weighted by Gasteiger charge is -2.21. The Balaban J connectivity index is 1.82. The molecule has 0 aromatic heterocycles. The first-order valence-corrected chi connectivity index (χ1v) is 11.2. The highest BCUT2D eigenvalue weighted by atomic mass is 16.5. The van der Waals surface area contributed by atoms with Crippen molar-refractivity contribution in [1.82, 2.24) is 10.6 Å². The molecule has 0 aliphatic carbocycles. The maximum absolute atomic E-state index is 12.8. The normalized spacial score (nSPS) is 12.2. The third kappa shape index (κ3) is 10.2. The number of nitrogens with zero attached hydrogens (tertiary/aromatic N) is 1. The summed E-state index contributed by atoms with van der Waals surface area (Å²) in [5.74, 6) is -0.854. The van der Waals surface area contributed by atoms with Crippen LogP contribution < -0.4 is 10.6 Å². The van der Waals surface area contributed by atoms with Crippen molar-refractivity contribution >= 4 is 18.0 Å². The van der Waals surface area contributed by atoms with Crippen LogP contribution in [0.15, 0.2) is 60.7 Å². The van der Waals surface area contributed by atoms with E-state index in [1.54, 1.807) is 0 Å². The number of hydrogen-bond donors (Lipinski definition) is 2. The quantitative estimate of drug-likeness (QED) is 0.460. The molecule has 0 aliphatic heterocycles. The minimum Gasteiger partial charge on any atom is -0.461 e. The monoisotopic (exact) mass is 465 g/mol. The van der Waals surface area contributed by atoms with Crippen molar-refractivity contribution < 1.29 is 23.9 Å². The Labute approximate surface area is 200 Å². The molecule has 2 aromatic rings. The number of nitriles is 1. The fourth-order valence-corrected chi connectivity index (χ4v) is 3.12. The second-order valence-corrected chi connectivity index (χ2v) is 8.26. The molecular weight excluding hydrogens is 434 g/mol. The number of benzene rings is 2. The second-order valence-electron chi connectivity index (χ2n) is 8.26. The Hall–Kier alpha value is -3.86. The molecule has 0 fully saturated rings. The van der Waals surface area contributed by atoms with Crippen LogP contribution in [-0.2, 0) is 32.3 Å². The van der Waals surface area contributed by atoms with Gasteiger partial charge in [0, 0.05) is 6.42 Å². The molecular formula is C26H31N3O5. The smallest absolute Gasteiger partial charge is 0.408 e. The molecule has 0 saturated heterocycles. The topological polar surface area (TPSA) is 118 Å². The SMILES string of the molecule is CC(C)C[C@H](NC(=O)OCc1ccccc1)C(=O)N[C@H](C#N)CCC(=O)OCc1ccccc1. The van der Waals surface area contributed by atoms with E-state index < -0.39 is 30.1 Å². The summed E-state index contributed by atoms with van der Waals surface area (Å²) in [6.07, 6.45) is -0.276. The van der Waals surface area contributed by atoms with Gasteiger partial charge in [0.05, 0.1) is 6.07 Å². The molecule has 0 radical (unpaired) electrons. The van der Waals surface area contributed by atoms with Gasteiger partial charge in [-0.15, -0.1) is 0 Å². The van der Waals surface area contributed by atoms with E-state index in [-0.39, 0.29) is 32.0 Å². The molecule has 2 amide bonds. The Morgan fingerprint density at radius 1 is 0.882 bits per heavy atom. The average molecular weight is 466 g/mol. The number of amides is 2. The summed E-state index contributed by atoms with van der Waals surface area (Å²) in [6.45, 7) is 4.06. The van der Waals surface area contributed by atoms with Gasteiger partial charge in [-0.1, -0.05) is 74.5 Å². The molecule has 8 nitrogen and oxygen atoms in total. The summed E-state index contributed by atoms with van der Waals surface area (Å²) in [5, 5.41) is 14.6. The van der Waals surface area contributed by atoms with Crippen molar-refractivity contribution in [3.8, 4) is 6.07 Å². The molecule has 180 valence electrons. The second kappa shape index (κ2) is 14.3. The van der Waals surface area contributed by atoms with E-state index in [0.717, 1.165) is 11.1 Å². The first-order chi connectivity index (χ1) is 16.4. The molecule has 34 heavy (non-hydrogen) atoms. The highest BCUT2D eigenvalue weighted by molar-refractivity contribution is 5.86. The highest BCUT2D eigenvalue weighted by Crippen LogP contribution is 2.09. The molecule has 2 aromatic carbocycles. The first-order valence-electron chi connectivity index (χ1n) is 11.2. The largest absolute Gasteiger partial charge is 0.461 e. The van der Waals surface area contributed by atoms with Gasteiger partial charge in [0.15, 0.2) is 0 Å². The van der Waals surface area contributed by atoms with Crippen LogP contribution in [0.25, 0.3) is 0 Å². The summed E-state index contributed by atoms with van der Waals surface area (Å²) in [4.78, 5) is 37.0. The summed E-state index contributed by atoms with van der Waals surface area (Å²) in [6, 6.07) is 18.7. The van der Waals surface area contributed by atoms with Crippen LogP contribution in [0, 0.1) is 17.2 Å². The van der Waals surface area contributed by atoms with Gasteiger partial charge >= 0.3 is 12.1 Å². The molecule has 0 heterocycles. The van der Waals surface area contributed by atoms with Crippen LogP contribution in [0.4, 0.5) is 4.79 Å². The first kappa shape index (κ1) is 26.4. The third-order valence-corrected chi connectivity index (χ3v) is 4.88. The van der Waals surface area contributed by atoms with Crippen LogP contribution in [-0.4, -0.2) is 30.1 Å². The molecule has 0 bridgehead atoms. The summed E-state index contributed by atoms with van der Waals surface area (Å²) < 4.78 is 10.4. The van der Waals surface area contributed by atoms with Gasteiger partial charge in [-0.2, -0.15) is 5.26 Å². The number of rotatable bonds is 12. The van der Waals surface area contributed by atoms with E-state index in [1.165, 1.54) is 0 Å². The fourth-order valence-electron chi connectivity index (χ4n) is 3.12. The van der Waals surface area contributed by atoms with E-state index in [0.29, 0.717) is 6.42 Å². The van der Waals surface area contributed by atoms with Crippen LogP contribution in [0.3, 0.4) is 0 Å². The number of alkyl carbamates (subject to hydrolysis) is 1. The molecule has 0 saturated carbocycles. The Morgan fingerprint density at radius 3 is 1.97 bits per heavy atom. The van der Waals surface area contributed by atoms with Crippen LogP contribution in [0.1, 0.15) is 44.2 Å². The zero-order chi connectivity index (χ0) is 24.8. The van der Waals surface area contributed by atoms with Crippen molar-refractivity contribution in [2.75, 3.05) is 0 Å². The van der Waals surface area contributed by atoms with Gasteiger partial charge in [0.1, 0.15) is 25.3 Å². The van der Waals surface area contributed by atoms with Gasteiger partial charge < -0.3 is 20.1 Å². The van der Waals surface area contributed by atoms with Crippen molar-refractivity contribution in [3.05, 3.63) is 71.8 Å². The lowest BCUT2D eigenvalue weighted by Crippen LogP contribution is -2.50. The molecule has 0 aliphatic rings. The Bertz CT molecular complexity index is 957. The van der Waals surface area contributed by atoms with Crippen molar-refractivity contribution in [1.29, 1.82) is 5.26 Å². The summed E-state index contributed by atoms with van der Waals surface area (Å²) in [7, 11) is 0. The van der Waals surface area contributed by atoms with Gasteiger partial charge in [-0.3, -0.25) is 9.59 Å². The van der Waals surface area contributed by atoms with E-state index in [2.05, 4.69) is 10.6 Å². The molecule has 2 N–H and O–H groups in total. The maximum atomic E-state index is 12.8. The average Bonchev–Trinajstić information content (AvgIpc) is 2.84. The number of ether oxygens (including phenoxy) is 2. The van der Waals surface area contributed by atoms with Gasteiger partial charge in [-0.25, -0.2) is 4.79 Å². The number of carbonyl (C=O) groups excluding carboxylic acids is 3. The van der Waals surface area contributed by atoms with Crippen molar-refractivity contribution in [3.63, 3.8) is 0 Å². The van der Waals surface area contributed by atoms with Gasteiger partial charge in [0.2, 0.25) is 5.91 Å². The zero-order valence-electron chi connectivity index (χ0n) is 19.5. The molecule has 0 unspecified atom stereocenters. The standard InChI is InChI=1S/C26H31N3O5/c1-19(2)15-23(29-26(32)34-18-21-11-7-4-8-12-21)25(31)28-22(16-27)13-14-24(30)33-17-20-9-5-3-6-10-20/h3-12,19,22-23H,13-15,17-18H2,1-2H3,(H,28,31)(H,29,32)/t22-,23-/m0/s1. The van der Waals surface area contributed by atoms with Gasteiger partial charge in [0.25, 0.3) is 0 Å². The van der Waals surface area contributed by atoms with Crippen LogP contribution in [0.5, 0.6) is 0 Å². The third-order valence-electron chi connectivity index (χ3n) is 4.88. The van der Waals surface area contributed by atoms with E-state index in [9.17, 15) is 19.6 Å². The number of esters is 1. The minimum absolute atomic E-state index is 0.0211. The predicted molar refractivity (Wildman–Crippen MR) is 126 cm³/mol. The number of nitrogens with one attached hydrogen (secondary N) is 2. The number of carbonyl (C=O) groups is 3. The van der Waals surface area contributed by atoms with Crippen molar-refractivity contribution in [2.24, 2.45) is 5.92 Å².